The number of aliphatic hydroxyl groups is 2. The third-order valence-corrected chi connectivity index (χ3v) is 8.57. The van der Waals surface area contributed by atoms with Crippen LogP contribution in [0.3, 0.4) is 0 Å². The molecule has 5 rings (SSSR count). The van der Waals surface area contributed by atoms with Gasteiger partial charge in [-0.25, -0.2) is 8.96 Å². The minimum Gasteiger partial charge on any atom is -0.494 e. The van der Waals surface area contributed by atoms with Crippen molar-refractivity contribution in [3.63, 3.8) is 0 Å². The summed E-state index contributed by atoms with van der Waals surface area (Å²) >= 11 is 0. The van der Waals surface area contributed by atoms with Crippen molar-refractivity contribution in [2.45, 2.75) is 69.5 Å². The van der Waals surface area contributed by atoms with Gasteiger partial charge < -0.3 is 39.8 Å². The summed E-state index contributed by atoms with van der Waals surface area (Å²) in [5, 5.41) is 42.5. The molecular formula is C26H37FN3O9P. The number of anilines is 1. The molecule has 0 radical (unpaired) electrons. The minimum atomic E-state index is -4.87. The molecule has 2 heterocycles. The highest BCUT2D eigenvalue weighted by molar-refractivity contribution is 7.46. The number of phosphoric acid groups is 1. The molecule has 2 fully saturated rings. The maximum Gasteiger partial charge on any atom is 0.469 e. The minimum absolute atomic E-state index is 0.131. The number of halogens is 1. The molecule has 0 bridgehead atoms. The van der Waals surface area contributed by atoms with Crippen molar-refractivity contribution in [1.29, 1.82) is 0 Å². The molecule has 1 saturated carbocycles. The number of benzene rings is 1. The van der Waals surface area contributed by atoms with E-state index in [1.165, 1.54) is 12.1 Å². The predicted molar refractivity (Wildman–Crippen MR) is 142 cm³/mol. The van der Waals surface area contributed by atoms with E-state index in [1.54, 1.807) is 6.07 Å². The molecule has 12 nitrogen and oxygen atoms in total. The smallest absolute Gasteiger partial charge is 0.469 e. The molecule has 40 heavy (non-hydrogen) atoms. The zero-order chi connectivity index (χ0) is 28.6. The fourth-order valence-corrected chi connectivity index (χ4v) is 6.59. The van der Waals surface area contributed by atoms with Crippen LogP contribution in [0.2, 0.25) is 0 Å². The van der Waals surface area contributed by atoms with Crippen LogP contribution in [-0.4, -0.2) is 96.8 Å². The summed E-state index contributed by atoms with van der Waals surface area (Å²) < 4.78 is 37.3. The topological polar surface area (TPSA) is 168 Å². The molecule has 14 heteroatoms. The van der Waals surface area contributed by atoms with Gasteiger partial charge in [-0.1, -0.05) is 0 Å². The lowest BCUT2D eigenvalue weighted by Crippen LogP contribution is -2.49. The molecule has 222 valence electrons. The maximum atomic E-state index is 14.1. The largest absolute Gasteiger partial charge is 0.494 e. The van der Waals surface area contributed by atoms with E-state index < -0.39 is 26.1 Å². The second-order valence-corrected chi connectivity index (χ2v) is 12.1. The van der Waals surface area contributed by atoms with E-state index in [0.717, 1.165) is 35.9 Å². The number of rotatable bonds is 9. The third kappa shape index (κ3) is 6.57. The van der Waals surface area contributed by atoms with Gasteiger partial charge in [0, 0.05) is 62.8 Å². The van der Waals surface area contributed by atoms with Gasteiger partial charge in [-0.15, -0.1) is 0 Å². The van der Waals surface area contributed by atoms with Crippen LogP contribution in [0.1, 0.15) is 36.8 Å². The number of ether oxygens (including phenoxy) is 1. The van der Waals surface area contributed by atoms with E-state index in [2.05, 4.69) is 9.42 Å². The molecular weight excluding hydrogens is 548 g/mol. The first-order valence-corrected chi connectivity index (χ1v) is 15.2. The van der Waals surface area contributed by atoms with E-state index in [-0.39, 0.29) is 60.7 Å². The summed E-state index contributed by atoms with van der Waals surface area (Å²) in [6.07, 6.45) is 0.548. The summed E-state index contributed by atoms with van der Waals surface area (Å²) in [5.41, 5.74) is 1.19. The first-order chi connectivity index (χ1) is 19.0. The second kappa shape index (κ2) is 11.8. The molecule has 1 saturated heterocycles. The van der Waals surface area contributed by atoms with Crippen LogP contribution in [0.4, 0.5) is 10.1 Å². The molecule has 1 aromatic carbocycles. The standard InChI is InChI=1S/C26H37FN3O9P/c27-16-5-6-23(38-18-3-1-2-4-18)21(11-16)29-9-7-28(8-10-29)14-17(31)15-30-25(33)19-12-22(32)24(39-40(35,36)37)13-20(19)26(30)34/h5-6,11,17-18,22,24,31-34H,1-4,7-10,12-15H2,(H2,35,36,37). The van der Waals surface area contributed by atoms with Crippen molar-refractivity contribution in [3.8, 4) is 17.5 Å². The van der Waals surface area contributed by atoms with Crippen LogP contribution in [0.25, 0.3) is 0 Å². The molecule has 2 aromatic rings. The molecule has 0 amide bonds. The van der Waals surface area contributed by atoms with Crippen molar-refractivity contribution in [2.75, 3.05) is 37.6 Å². The van der Waals surface area contributed by atoms with Crippen LogP contribution < -0.4 is 9.64 Å². The molecule has 3 unspecified atom stereocenters. The third-order valence-electron chi connectivity index (χ3n) is 8.03. The number of aromatic nitrogens is 1. The van der Waals surface area contributed by atoms with Crippen molar-refractivity contribution in [3.05, 3.63) is 35.1 Å². The number of aromatic hydroxyl groups is 2. The summed E-state index contributed by atoms with van der Waals surface area (Å²) in [5.74, 6) is -0.301. The summed E-state index contributed by atoms with van der Waals surface area (Å²) in [7, 11) is -4.87. The zero-order valence-electron chi connectivity index (χ0n) is 22.1. The molecule has 6 N–H and O–H groups in total. The summed E-state index contributed by atoms with van der Waals surface area (Å²) in [6, 6.07) is 4.60. The highest BCUT2D eigenvalue weighted by Crippen LogP contribution is 2.45. The van der Waals surface area contributed by atoms with Gasteiger partial charge in [0.1, 0.15) is 11.6 Å². The van der Waals surface area contributed by atoms with Crippen molar-refractivity contribution in [1.82, 2.24) is 9.47 Å². The van der Waals surface area contributed by atoms with Gasteiger partial charge in [0.2, 0.25) is 0 Å². The highest BCUT2D eigenvalue weighted by Gasteiger charge is 2.38. The van der Waals surface area contributed by atoms with Crippen LogP contribution in [0, 0.1) is 5.82 Å². The first kappa shape index (κ1) is 29.1. The number of hydrogen-bond donors (Lipinski definition) is 6. The van der Waals surface area contributed by atoms with Gasteiger partial charge in [0.05, 0.1) is 36.6 Å². The number of hydrogen-bond acceptors (Lipinski definition) is 9. The molecule has 1 aliphatic heterocycles. The van der Waals surface area contributed by atoms with Gasteiger partial charge in [0.25, 0.3) is 0 Å². The van der Waals surface area contributed by atoms with Gasteiger partial charge in [-0.05, 0) is 37.8 Å². The Morgan fingerprint density at radius 3 is 2.30 bits per heavy atom. The Labute approximate surface area is 231 Å². The molecule has 1 aromatic heterocycles. The number of nitrogens with zero attached hydrogens (tertiary/aromatic N) is 3. The van der Waals surface area contributed by atoms with Crippen molar-refractivity contribution >= 4 is 13.5 Å². The van der Waals surface area contributed by atoms with E-state index in [9.17, 15) is 29.4 Å². The Morgan fingerprint density at radius 1 is 1.00 bits per heavy atom. The van der Waals surface area contributed by atoms with Crippen LogP contribution in [0.15, 0.2) is 18.2 Å². The van der Waals surface area contributed by atoms with E-state index in [4.69, 9.17) is 14.5 Å². The Morgan fingerprint density at radius 2 is 1.65 bits per heavy atom. The number of β-amino-alcohol motifs (C(OH)–C–C–N with tert-alkyl or cyclic N) is 1. The quantitative estimate of drug-likeness (QED) is 0.236. The molecule has 2 aliphatic carbocycles. The van der Waals surface area contributed by atoms with Gasteiger partial charge in [0.15, 0.2) is 11.8 Å². The SMILES string of the molecule is O=P(O)(O)OC1Cc2c(c(O)n(CC(O)CN3CCN(c4cc(F)ccc4OC4CCCC4)CC3)c2O)CC1O. The lowest BCUT2D eigenvalue weighted by atomic mass is 9.90. The monoisotopic (exact) mass is 585 g/mol. The Balaban J connectivity index is 1.18. The van der Waals surface area contributed by atoms with Crippen LogP contribution >= 0.6 is 7.82 Å². The normalized spacial score (nSPS) is 23.4. The highest BCUT2D eigenvalue weighted by atomic mass is 31.2. The number of piperazine rings is 1. The van der Waals surface area contributed by atoms with Crippen molar-refractivity contribution in [2.24, 2.45) is 0 Å². The first-order valence-electron chi connectivity index (χ1n) is 13.6. The zero-order valence-corrected chi connectivity index (χ0v) is 23.0. The molecule has 0 spiro atoms. The van der Waals surface area contributed by atoms with Gasteiger partial charge in [-0.2, -0.15) is 0 Å². The fraction of sp³-hybridized carbons (Fsp3) is 0.615. The Kier molecular flexibility index (Phi) is 8.63. The number of phosphoric ester groups is 1. The van der Waals surface area contributed by atoms with E-state index >= 15 is 0 Å². The average molecular weight is 586 g/mol. The average Bonchev–Trinajstić information content (AvgIpc) is 3.48. The van der Waals surface area contributed by atoms with Gasteiger partial charge in [-0.3, -0.25) is 14.0 Å². The van der Waals surface area contributed by atoms with Gasteiger partial charge >= 0.3 is 7.82 Å². The second-order valence-electron chi connectivity index (χ2n) is 10.9. The number of fused-ring (bicyclic) bond motifs is 1. The van der Waals surface area contributed by atoms with Crippen LogP contribution in [-0.2, 0) is 28.5 Å². The molecule has 3 atom stereocenters. The Bertz CT molecular complexity index is 1240. The van der Waals surface area contributed by atoms with Crippen molar-refractivity contribution < 1.29 is 48.4 Å². The van der Waals surface area contributed by atoms with E-state index in [0.29, 0.717) is 31.9 Å². The lowest BCUT2D eigenvalue weighted by molar-refractivity contribution is 0.0115. The Hall–Kier alpha value is -2.38. The summed E-state index contributed by atoms with van der Waals surface area (Å²) in [6.45, 7) is 2.54. The summed E-state index contributed by atoms with van der Waals surface area (Å²) in [4.78, 5) is 22.3. The predicted octanol–water partition coefficient (Wildman–Crippen LogP) is 1.48. The lowest BCUT2D eigenvalue weighted by Gasteiger charge is -2.37. The van der Waals surface area contributed by atoms with Crippen LogP contribution in [0.5, 0.6) is 17.5 Å². The number of aliphatic hydroxyl groups excluding tert-OH is 2. The van der Waals surface area contributed by atoms with E-state index in [1.807, 2.05) is 4.90 Å². The maximum absolute atomic E-state index is 14.1. The molecule has 3 aliphatic rings. The fourth-order valence-electron chi connectivity index (χ4n) is 6.02.